The van der Waals surface area contributed by atoms with Gasteiger partial charge in [-0.05, 0) is 58.8 Å². The lowest BCUT2D eigenvalue weighted by atomic mass is 10.2. The predicted octanol–water partition coefficient (Wildman–Crippen LogP) is 5.63. The molecule has 0 amide bonds. The van der Waals surface area contributed by atoms with Crippen LogP contribution in [-0.4, -0.2) is 16.8 Å². The van der Waals surface area contributed by atoms with Gasteiger partial charge in [-0.1, -0.05) is 35.9 Å². The van der Waals surface area contributed by atoms with Crippen LogP contribution < -0.4 is 4.74 Å². The molecule has 4 nitrogen and oxygen atoms in total. The van der Waals surface area contributed by atoms with Crippen molar-refractivity contribution in [2.45, 2.75) is 6.92 Å². The number of nitrogens with zero attached hydrogens (tertiary/aromatic N) is 2. The van der Waals surface area contributed by atoms with Crippen LogP contribution in [0.3, 0.4) is 0 Å². The summed E-state index contributed by atoms with van der Waals surface area (Å²) in [4.78, 5) is 0. The molecule has 0 aliphatic carbocycles. The molecular weight excluding hydrogens is 392 g/mol. The van der Waals surface area contributed by atoms with E-state index in [1.807, 2.05) is 55.5 Å². The van der Waals surface area contributed by atoms with E-state index in [1.54, 1.807) is 6.08 Å². The van der Waals surface area contributed by atoms with E-state index in [0.29, 0.717) is 17.5 Å². The molecular formula is C18H14BrClN2O2. The standard InChI is InChI=1S/C18H14BrClN2O2/c1-2-23-13-9-7-12(8-10-13)11-16(20)18-22-21-17(24-18)14-5-3-4-6-15(14)19/h3-11H,2H2,1H3/b16-11-. The first-order valence-electron chi connectivity index (χ1n) is 7.36. The molecule has 0 saturated heterocycles. The topological polar surface area (TPSA) is 48.2 Å². The summed E-state index contributed by atoms with van der Waals surface area (Å²) < 4.78 is 12.0. The van der Waals surface area contributed by atoms with E-state index in [2.05, 4.69) is 26.1 Å². The van der Waals surface area contributed by atoms with Crippen LogP contribution in [0, 0.1) is 0 Å². The van der Waals surface area contributed by atoms with Gasteiger partial charge in [-0.3, -0.25) is 0 Å². The summed E-state index contributed by atoms with van der Waals surface area (Å²) >= 11 is 9.77. The Morgan fingerprint density at radius 3 is 2.62 bits per heavy atom. The zero-order chi connectivity index (χ0) is 16.9. The van der Waals surface area contributed by atoms with Gasteiger partial charge in [0.05, 0.1) is 12.2 Å². The molecule has 0 atom stereocenters. The molecule has 2 aromatic carbocycles. The van der Waals surface area contributed by atoms with E-state index < -0.39 is 0 Å². The molecule has 0 aliphatic rings. The Balaban J connectivity index is 1.83. The molecule has 0 bridgehead atoms. The van der Waals surface area contributed by atoms with Gasteiger partial charge in [0, 0.05) is 4.47 Å². The van der Waals surface area contributed by atoms with E-state index in [9.17, 15) is 0 Å². The molecule has 6 heteroatoms. The van der Waals surface area contributed by atoms with Crippen LogP contribution in [0.15, 0.2) is 57.4 Å². The molecule has 3 aromatic rings. The summed E-state index contributed by atoms with van der Waals surface area (Å²) in [6.45, 7) is 2.58. The lowest BCUT2D eigenvalue weighted by molar-refractivity contribution is 0.340. The number of rotatable bonds is 5. The van der Waals surface area contributed by atoms with E-state index in [-0.39, 0.29) is 5.89 Å². The van der Waals surface area contributed by atoms with Crippen molar-refractivity contribution in [2.75, 3.05) is 6.61 Å². The summed E-state index contributed by atoms with van der Waals surface area (Å²) in [7, 11) is 0. The van der Waals surface area contributed by atoms with Crippen molar-refractivity contribution in [2.24, 2.45) is 0 Å². The van der Waals surface area contributed by atoms with Crippen molar-refractivity contribution in [3.63, 3.8) is 0 Å². The van der Waals surface area contributed by atoms with Gasteiger partial charge in [-0.25, -0.2) is 0 Å². The van der Waals surface area contributed by atoms with E-state index >= 15 is 0 Å². The maximum absolute atomic E-state index is 6.30. The lowest BCUT2D eigenvalue weighted by Gasteiger charge is -2.02. The van der Waals surface area contributed by atoms with Crippen molar-refractivity contribution < 1.29 is 9.15 Å². The fraction of sp³-hybridized carbons (Fsp3) is 0.111. The van der Waals surface area contributed by atoms with E-state index in [0.717, 1.165) is 21.3 Å². The van der Waals surface area contributed by atoms with Crippen LogP contribution in [0.5, 0.6) is 5.75 Å². The third-order valence-electron chi connectivity index (χ3n) is 3.22. The van der Waals surface area contributed by atoms with Gasteiger partial charge in [0.1, 0.15) is 10.8 Å². The minimum absolute atomic E-state index is 0.274. The third-order valence-corrected chi connectivity index (χ3v) is 4.18. The summed E-state index contributed by atoms with van der Waals surface area (Å²) in [6, 6.07) is 15.2. The number of ether oxygens (including phenoxy) is 1. The summed E-state index contributed by atoms with van der Waals surface area (Å²) in [5.41, 5.74) is 1.74. The maximum Gasteiger partial charge on any atom is 0.259 e. The number of halogens is 2. The van der Waals surface area contributed by atoms with Crippen LogP contribution >= 0.6 is 27.5 Å². The number of aromatic nitrogens is 2. The highest BCUT2D eigenvalue weighted by molar-refractivity contribution is 9.10. The van der Waals surface area contributed by atoms with Gasteiger partial charge in [0.2, 0.25) is 5.89 Å². The van der Waals surface area contributed by atoms with Gasteiger partial charge in [0.15, 0.2) is 0 Å². The maximum atomic E-state index is 6.30. The number of hydrogen-bond donors (Lipinski definition) is 0. The average Bonchev–Trinajstić information content (AvgIpc) is 3.07. The Morgan fingerprint density at radius 1 is 1.17 bits per heavy atom. The van der Waals surface area contributed by atoms with Crippen LogP contribution in [0.4, 0.5) is 0 Å². The molecule has 0 spiro atoms. The zero-order valence-electron chi connectivity index (χ0n) is 12.9. The Labute approximate surface area is 153 Å². The normalized spacial score (nSPS) is 11.5. The molecule has 0 unspecified atom stereocenters. The smallest absolute Gasteiger partial charge is 0.259 e. The number of hydrogen-bond acceptors (Lipinski definition) is 4. The Kier molecular flexibility index (Phi) is 5.33. The second kappa shape index (κ2) is 7.64. The van der Waals surface area contributed by atoms with Crippen molar-refractivity contribution in [1.29, 1.82) is 0 Å². The lowest BCUT2D eigenvalue weighted by Crippen LogP contribution is -1.90. The predicted molar refractivity (Wildman–Crippen MR) is 98.8 cm³/mol. The Morgan fingerprint density at radius 2 is 1.92 bits per heavy atom. The average molecular weight is 406 g/mol. The largest absolute Gasteiger partial charge is 0.494 e. The molecule has 0 aliphatic heterocycles. The monoisotopic (exact) mass is 404 g/mol. The third kappa shape index (κ3) is 3.86. The van der Waals surface area contributed by atoms with E-state index in [1.165, 1.54) is 0 Å². The fourth-order valence-corrected chi connectivity index (χ4v) is 2.75. The molecule has 0 saturated carbocycles. The number of benzene rings is 2. The molecule has 0 fully saturated rings. The van der Waals surface area contributed by atoms with Crippen LogP contribution in [0.2, 0.25) is 0 Å². The van der Waals surface area contributed by atoms with Crippen LogP contribution in [0.1, 0.15) is 18.4 Å². The zero-order valence-corrected chi connectivity index (χ0v) is 15.2. The molecule has 122 valence electrons. The first-order valence-corrected chi connectivity index (χ1v) is 8.53. The fourth-order valence-electron chi connectivity index (χ4n) is 2.10. The minimum Gasteiger partial charge on any atom is -0.494 e. The molecule has 1 aromatic heterocycles. The molecule has 24 heavy (non-hydrogen) atoms. The van der Waals surface area contributed by atoms with Crippen molar-refractivity contribution >= 4 is 38.6 Å². The van der Waals surface area contributed by atoms with Gasteiger partial charge < -0.3 is 9.15 Å². The first kappa shape index (κ1) is 16.7. The quantitative estimate of drug-likeness (QED) is 0.551. The summed E-state index contributed by atoms with van der Waals surface area (Å²) in [6.07, 6.45) is 1.77. The van der Waals surface area contributed by atoms with Crippen molar-refractivity contribution in [3.8, 4) is 17.2 Å². The minimum atomic E-state index is 0.274. The molecule has 0 radical (unpaired) electrons. The van der Waals surface area contributed by atoms with Crippen molar-refractivity contribution in [3.05, 3.63) is 64.5 Å². The van der Waals surface area contributed by atoms with Gasteiger partial charge in [0.25, 0.3) is 5.89 Å². The highest BCUT2D eigenvalue weighted by Crippen LogP contribution is 2.29. The second-order valence-electron chi connectivity index (χ2n) is 4.89. The van der Waals surface area contributed by atoms with E-state index in [4.69, 9.17) is 20.8 Å². The highest BCUT2D eigenvalue weighted by Gasteiger charge is 2.13. The van der Waals surface area contributed by atoms with Crippen LogP contribution in [0.25, 0.3) is 22.6 Å². The van der Waals surface area contributed by atoms with Gasteiger partial charge >= 0.3 is 0 Å². The Bertz CT molecular complexity index is 859. The first-order chi connectivity index (χ1) is 11.7. The summed E-state index contributed by atoms with van der Waals surface area (Å²) in [5.74, 6) is 1.51. The Hall–Kier alpha value is -2.11. The molecule has 1 heterocycles. The molecule has 3 rings (SSSR count). The van der Waals surface area contributed by atoms with Gasteiger partial charge in [-0.2, -0.15) is 0 Å². The highest BCUT2D eigenvalue weighted by atomic mass is 79.9. The second-order valence-corrected chi connectivity index (χ2v) is 6.15. The molecule has 0 N–H and O–H groups in total. The van der Waals surface area contributed by atoms with Crippen molar-refractivity contribution in [1.82, 2.24) is 10.2 Å². The SMILES string of the molecule is CCOc1ccc(/C=C(\Cl)c2nnc(-c3ccccc3Br)o2)cc1. The van der Waals surface area contributed by atoms with Gasteiger partial charge in [-0.15, -0.1) is 10.2 Å². The summed E-state index contributed by atoms with van der Waals surface area (Å²) in [5, 5.41) is 8.45. The van der Waals surface area contributed by atoms with Crippen LogP contribution in [-0.2, 0) is 0 Å².